The molecule has 0 fully saturated rings. The standard InChI is InChI=1S/C17H16N4O/c1-12-8-9-14(10-13(12)2)19-17(22)16-11-18-21(20-16)15-6-4-3-5-7-15/h3-11H,1-2H3,(H,19,22). The average Bonchev–Trinajstić information content (AvgIpc) is 3.02. The number of nitrogens with one attached hydrogen (secondary N) is 1. The number of amides is 1. The largest absolute Gasteiger partial charge is 0.321 e. The van der Waals surface area contributed by atoms with Gasteiger partial charge in [-0.05, 0) is 49.2 Å². The van der Waals surface area contributed by atoms with E-state index in [-0.39, 0.29) is 11.6 Å². The molecule has 2 aromatic carbocycles. The monoisotopic (exact) mass is 292 g/mol. The highest BCUT2D eigenvalue weighted by atomic mass is 16.2. The molecule has 0 atom stereocenters. The predicted molar refractivity (Wildman–Crippen MR) is 85.2 cm³/mol. The molecule has 5 heteroatoms. The molecule has 110 valence electrons. The molecule has 0 saturated heterocycles. The van der Waals surface area contributed by atoms with Gasteiger partial charge in [0, 0.05) is 5.69 Å². The molecule has 22 heavy (non-hydrogen) atoms. The van der Waals surface area contributed by atoms with Crippen LogP contribution >= 0.6 is 0 Å². The molecule has 1 heterocycles. The lowest BCUT2D eigenvalue weighted by Gasteiger charge is -2.06. The van der Waals surface area contributed by atoms with Crippen LogP contribution in [-0.2, 0) is 0 Å². The van der Waals surface area contributed by atoms with Gasteiger partial charge in [-0.3, -0.25) is 4.79 Å². The van der Waals surface area contributed by atoms with Gasteiger partial charge in [-0.1, -0.05) is 24.3 Å². The van der Waals surface area contributed by atoms with E-state index in [4.69, 9.17) is 0 Å². The first-order valence-electron chi connectivity index (χ1n) is 7.00. The van der Waals surface area contributed by atoms with Gasteiger partial charge in [-0.25, -0.2) is 0 Å². The quantitative estimate of drug-likeness (QED) is 0.806. The molecule has 0 aliphatic carbocycles. The molecular formula is C17H16N4O. The summed E-state index contributed by atoms with van der Waals surface area (Å²) in [5.74, 6) is -0.273. The maximum atomic E-state index is 12.2. The number of hydrogen-bond acceptors (Lipinski definition) is 3. The lowest BCUT2D eigenvalue weighted by molar-refractivity contribution is 0.102. The summed E-state index contributed by atoms with van der Waals surface area (Å²) in [5.41, 5.74) is 4.16. The average molecular weight is 292 g/mol. The molecule has 0 aliphatic rings. The predicted octanol–water partition coefficient (Wildman–Crippen LogP) is 3.14. The molecule has 0 unspecified atom stereocenters. The Morgan fingerprint density at radius 3 is 2.55 bits per heavy atom. The summed E-state index contributed by atoms with van der Waals surface area (Å²) in [4.78, 5) is 13.7. The first-order chi connectivity index (χ1) is 10.6. The Kier molecular flexibility index (Phi) is 3.70. The van der Waals surface area contributed by atoms with Crippen LogP contribution in [0.1, 0.15) is 21.6 Å². The van der Waals surface area contributed by atoms with Crippen LogP contribution in [0, 0.1) is 13.8 Å². The smallest absolute Gasteiger partial charge is 0.277 e. The van der Waals surface area contributed by atoms with Crippen LogP contribution in [0.25, 0.3) is 5.69 Å². The molecule has 0 aliphatic heterocycles. The fraction of sp³-hybridized carbons (Fsp3) is 0.118. The van der Waals surface area contributed by atoms with Crippen molar-refractivity contribution in [2.45, 2.75) is 13.8 Å². The zero-order valence-corrected chi connectivity index (χ0v) is 12.4. The Hall–Kier alpha value is -2.95. The summed E-state index contributed by atoms with van der Waals surface area (Å²) >= 11 is 0. The molecule has 1 amide bonds. The summed E-state index contributed by atoms with van der Waals surface area (Å²) in [6.45, 7) is 4.04. The van der Waals surface area contributed by atoms with E-state index in [0.29, 0.717) is 0 Å². The summed E-state index contributed by atoms with van der Waals surface area (Å²) in [6, 6.07) is 15.3. The first kappa shape index (κ1) is 14.0. The lowest BCUT2D eigenvalue weighted by atomic mass is 10.1. The van der Waals surface area contributed by atoms with E-state index in [1.165, 1.54) is 16.6 Å². The SMILES string of the molecule is Cc1ccc(NC(=O)c2cnn(-c3ccccc3)n2)cc1C. The Balaban J connectivity index is 1.78. The lowest BCUT2D eigenvalue weighted by Crippen LogP contribution is -2.13. The second kappa shape index (κ2) is 5.81. The zero-order chi connectivity index (χ0) is 15.5. The van der Waals surface area contributed by atoms with Crippen LogP contribution in [0.15, 0.2) is 54.7 Å². The number of anilines is 1. The highest BCUT2D eigenvalue weighted by Gasteiger charge is 2.12. The summed E-state index contributed by atoms with van der Waals surface area (Å²) in [7, 11) is 0. The Labute approximate surface area is 128 Å². The number of carbonyl (C=O) groups excluding carboxylic acids is 1. The van der Waals surface area contributed by atoms with Crippen molar-refractivity contribution in [3.05, 3.63) is 71.5 Å². The van der Waals surface area contributed by atoms with Crippen molar-refractivity contribution in [2.75, 3.05) is 5.32 Å². The number of hydrogen-bond donors (Lipinski definition) is 1. The van der Waals surface area contributed by atoms with Gasteiger partial charge < -0.3 is 5.32 Å². The number of carbonyl (C=O) groups is 1. The van der Waals surface area contributed by atoms with Crippen molar-refractivity contribution in [3.8, 4) is 5.69 Å². The van der Waals surface area contributed by atoms with E-state index >= 15 is 0 Å². The zero-order valence-electron chi connectivity index (χ0n) is 12.4. The summed E-state index contributed by atoms with van der Waals surface area (Å²) in [6.07, 6.45) is 1.46. The minimum Gasteiger partial charge on any atom is -0.321 e. The van der Waals surface area contributed by atoms with Gasteiger partial charge in [0.1, 0.15) is 0 Å². The van der Waals surface area contributed by atoms with Crippen molar-refractivity contribution in [1.29, 1.82) is 0 Å². The molecule has 5 nitrogen and oxygen atoms in total. The van der Waals surface area contributed by atoms with E-state index < -0.39 is 0 Å². The van der Waals surface area contributed by atoms with Gasteiger partial charge in [0.25, 0.3) is 5.91 Å². The number of benzene rings is 2. The second-order valence-corrected chi connectivity index (χ2v) is 5.11. The van der Waals surface area contributed by atoms with Crippen molar-refractivity contribution >= 4 is 11.6 Å². The topological polar surface area (TPSA) is 59.8 Å². The molecule has 3 aromatic rings. The molecular weight excluding hydrogens is 276 g/mol. The highest BCUT2D eigenvalue weighted by molar-refractivity contribution is 6.02. The normalized spacial score (nSPS) is 10.5. The third kappa shape index (κ3) is 2.88. The van der Waals surface area contributed by atoms with Crippen LogP contribution in [-0.4, -0.2) is 20.9 Å². The third-order valence-electron chi connectivity index (χ3n) is 3.48. The molecule has 3 rings (SSSR count). The van der Waals surface area contributed by atoms with Crippen LogP contribution in [0.4, 0.5) is 5.69 Å². The Morgan fingerprint density at radius 1 is 1.05 bits per heavy atom. The van der Waals surface area contributed by atoms with E-state index in [0.717, 1.165) is 16.9 Å². The maximum absolute atomic E-state index is 12.2. The third-order valence-corrected chi connectivity index (χ3v) is 3.48. The Bertz CT molecular complexity index is 809. The van der Waals surface area contributed by atoms with Crippen LogP contribution in [0.2, 0.25) is 0 Å². The van der Waals surface area contributed by atoms with Crippen molar-refractivity contribution in [3.63, 3.8) is 0 Å². The minimum atomic E-state index is -0.273. The van der Waals surface area contributed by atoms with E-state index in [2.05, 4.69) is 15.5 Å². The molecule has 0 spiro atoms. The highest BCUT2D eigenvalue weighted by Crippen LogP contribution is 2.15. The fourth-order valence-electron chi connectivity index (χ4n) is 2.07. The van der Waals surface area contributed by atoms with Crippen LogP contribution < -0.4 is 5.32 Å². The van der Waals surface area contributed by atoms with Gasteiger partial charge in [-0.15, -0.1) is 5.10 Å². The molecule has 0 saturated carbocycles. The fourth-order valence-corrected chi connectivity index (χ4v) is 2.07. The van der Waals surface area contributed by atoms with Crippen molar-refractivity contribution < 1.29 is 4.79 Å². The number of aryl methyl sites for hydroxylation is 2. The molecule has 1 aromatic heterocycles. The van der Waals surface area contributed by atoms with Gasteiger partial charge >= 0.3 is 0 Å². The second-order valence-electron chi connectivity index (χ2n) is 5.11. The van der Waals surface area contributed by atoms with Crippen molar-refractivity contribution in [1.82, 2.24) is 15.0 Å². The number of rotatable bonds is 3. The van der Waals surface area contributed by atoms with Crippen LogP contribution in [0.5, 0.6) is 0 Å². The van der Waals surface area contributed by atoms with Crippen LogP contribution in [0.3, 0.4) is 0 Å². The minimum absolute atomic E-state index is 0.273. The number of para-hydroxylation sites is 1. The molecule has 0 bridgehead atoms. The van der Waals surface area contributed by atoms with E-state index in [1.807, 2.05) is 62.4 Å². The van der Waals surface area contributed by atoms with E-state index in [1.54, 1.807) is 0 Å². The van der Waals surface area contributed by atoms with Gasteiger partial charge in [0.05, 0.1) is 11.9 Å². The van der Waals surface area contributed by atoms with Gasteiger partial charge in [0.15, 0.2) is 5.69 Å². The van der Waals surface area contributed by atoms with Crippen molar-refractivity contribution in [2.24, 2.45) is 0 Å². The number of nitrogens with zero attached hydrogens (tertiary/aromatic N) is 3. The van der Waals surface area contributed by atoms with Gasteiger partial charge in [0.2, 0.25) is 0 Å². The van der Waals surface area contributed by atoms with Gasteiger partial charge in [-0.2, -0.15) is 9.90 Å². The van der Waals surface area contributed by atoms with E-state index in [9.17, 15) is 4.79 Å². The maximum Gasteiger partial charge on any atom is 0.277 e. The summed E-state index contributed by atoms with van der Waals surface area (Å²) in [5, 5.41) is 11.2. The first-order valence-corrected chi connectivity index (χ1v) is 7.00. The molecule has 1 N–H and O–H groups in total. The Morgan fingerprint density at radius 2 is 1.82 bits per heavy atom. The molecule has 0 radical (unpaired) electrons. The number of aromatic nitrogens is 3. The summed E-state index contributed by atoms with van der Waals surface area (Å²) < 4.78 is 0.